The maximum atomic E-state index is 12.6. The fraction of sp³-hybridized carbons (Fsp3) is 0.417. The van der Waals surface area contributed by atoms with Gasteiger partial charge in [-0.15, -0.1) is 56.1 Å². The van der Waals surface area contributed by atoms with Gasteiger partial charge in [-0.25, -0.2) is 9.48 Å². The maximum absolute atomic E-state index is 12.6. The topological polar surface area (TPSA) is 290 Å². The summed E-state index contributed by atoms with van der Waals surface area (Å²) in [6, 6.07) is 50.7. The predicted molar refractivity (Wildman–Crippen MR) is 413 cm³/mol. The van der Waals surface area contributed by atoms with Gasteiger partial charge < -0.3 is 29.5 Å². The standard InChI is InChI=1S/C27H30N6O4.C15H19N3.3C14H17N3O/c1-3-36-27(34)25-26(33(31-30-25)16-19-4-12-23(35-2)13-5-19)37-24-14-8-21(9-15-24)20-6-10-22(11-7-20)32-17-28-29-18-32;1-12-2-4-13(5-3-12)14-6-8-15(9-7-14)18-10-16-17-11-18;3*18-14-7-3-12(4-8-14)11-1-5-13(6-2-11)17-9-15-16-10-17/h4-7,10-13,17-18,21,24H,3,8-9,14-16H2,1-2H3;6-13H,2-5H2,1H3;3*1-2,5-6,9-10,12,14,18H,3-4,7-8H2. The second-order valence-corrected chi connectivity index (χ2v) is 29.3. The normalized spacial score (nSPS) is 21.8. The summed E-state index contributed by atoms with van der Waals surface area (Å²) in [6.45, 7) is 4.80. The van der Waals surface area contributed by atoms with Gasteiger partial charge in [0.2, 0.25) is 11.6 Å². The molecule has 109 heavy (non-hydrogen) atoms. The van der Waals surface area contributed by atoms with Crippen LogP contribution in [0.2, 0.25) is 0 Å². The van der Waals surface area contributed by atoms with Crippen LogP contribution in [0.3, 0.4) is 0 Å². The lowest BCUT2D eigenvalue weighted by Crippen LogP contribution is -2.25. The van der Waals surface area contributed by atoms with Gasteiger partial charge in [0, 0.05) is 28.4 Å². The van der Waals surface area contributed by atoms with Gasteiger partial charge in [-0.2, -0.15) is 0 Å². The highest BCUT2D eigenvalue weighted by atomic mass is 16.5. The molecule has 6 aromatic carbocycles. The lowest BCUT2D eigenvalue weighted by molar-refractivity contribution is 0.0506. The molecule has 5 saturated carbocycles. The summed E-state index contributed by atoms with van der Waals surface area (Å²) in [5.74, 6) is 4.54. The molecule has 3 N–H and O–H groups in total. The highest BCUT2D eigenvalue weighted by Gasteiger charge is 2.30. The Morgan fingerprint density at radius 1 is 0.376 bits per heavy atom. The zero-order chi connectivity index (χ0) is 75.1. The second-order valence-electron chi connectivity index (χ2n) is 29.3. The van der Waals surface area contributed by atoms with E-state index < -0.39 is 5.97 Å². The van der Waals surface area contributed by atoms with Crippen molar-refractivity contribution in [1.82, 2.24) is 88.8 Å². The van der Waals surface area contributed by atoms with Crippen molar-refractivity contribution < 1.29 is 34.3 Å². The predicted octanol–water partition coefficient (Wildman–Crippen LogP) is 14.6. The molecule has 5 aliphatic carbocycles. The van der Waals surface area contributed by atoms with Gasteiger partial charge in [-0.3, -0.25) is 22.8 Å². The number of methoxy groups -OCH3 is 1. The minimum atomic E-state index is -0.527. The number of benzene rings is 6. The average molecular weight is 1470 g/mol. The van der Waals surface area contributed by atoms with Crippen LogP contribution in [0.4, 0.5) is 0 Å². The number of aliphatic hydroxyl groups excluding tert-OH is 3. The van der Waals surface area contributed by atoms with Crippen LogP contribution in [0.25, 0.3) is 28.4 Å². The van der Waals surface area contributed by atoms with Crippen LogP contribution >= 0.6 is 0 Å². The first-order valence-electron chi connectivity index (χ1n) is 38.6. The number of hydrogen-bond donors (Lipinski definition) is 3. The van der Waals surface area contributed by atoms with E-state index in [1.165, 1.54) is 53.5 Å². The summed E-state index contributed by atoms with van der Waals surface area (Å²) < 4.78 is 28.0. The first-order valence-corrected chi connectivity index (χ1v) is 38.6. The summed E-state index contributed by atoms with van der Waals surface area (Å²) >= 11 is 0. The number of rotatable bonds is 17. The van der Waals surface area contributed by atoms with E-state index in [2.05, 4.69) is 190 Å². The number of ether oxygens (including phenoxy) is 3. The molecule has 5 aliphatic rings. The van der Waals surface area contributed by atoms with Crippen molar-refractivity contribution in [3.05, 3.63) is 248 Å². The van der Waals surface area contributed by atoms with Crippen LogP contribution in [-0.4, -0.2) is 148 Å². The summed E-state index contributed by atoms with van der Waals surface area (Å²) in [5, 5.41) is 75.1. The number of carbonyl (C=O) groups is 1. The first kappa shape index (κ1) is 76.3. The number of hydrogen-bond acceptors (Lipinski definition) is 19. The Labute approximate surface area is 636 Å². The van der Waals surface area contributed by atoms with Crippen molar-refractivity contribution in [2.24, 2.45) is 5.92 Å². The van der Waals surface area contributed by atoms with Crippen molar-refractivity contribution in [2.75, 3.05) is 13.7 Å². The molecule has 6 heterocycles. The van der Waals surface area contributed by atoms with E-state index in [4.69, 9.17) is 14.2 Å². The zero-order valence-electron chi connectivity index (χ0n) is 62.5. The Morgan fingerprint density at radius 2 is 0.651 bits per heavy atom. The molecular formula is C84H100N18O7. The summed E-state index contributed by atoms with van der Waals surface area (Å²) in [7, 11) is 1.63. The minimum Gasteiger partial charge on any atom is -0.497 e. The van der Waals surface area contributed by atoms with Crippen LogP contribution in [0.1, 0.15) is 216 Å². The number of carbonyl (C=O) groups excluding carboxylic acids is 1. The molecule has 568 valence electrons. The summed E-state index contributed by atoms with van der Waals surface area (Å²) in [5.41, 5.74) is 13.4. The fourth-order valence-corrected chi connectivity index (χ4v) is 15.5. The average Bonchev–Trinajstić information content (AvgIpc) is 1.68. The second kappa shape index (κ2) is 38.3. The van der Waals surface area contributed by atoms with Gasteiger partial charge in [-0.1, -0.05) is 97.8 Å². The van der Waals surface area contributed by atoms with Crippen LogP contribution in [0.5, 0.6) is 11.6 Å². The Morgan fingerprint density at radius 3 is 0.927 bits per heavy atom. The van der Waals surface area contributed by atoms with Crippen LogP contribution in [0.15, 0.2) is 209 Å². The summed E-state index contributed by atoms with van der Waals surface area (Å²) in [6.07, 6.45) is 38.0. The lowest BCUT2D eigenvalue weighted by Gasteiger charge is -2.29. The fourth-order valence-electron chi connectivity index (χ4n) is 15.5. The molecule has 0 radical (unpaired) electrons. The molecule has 17 rings (SSSR count). The van der Waals surface area contributed by atoms with Gasteiger partial charge in [0.05, 0.1) is 38.6 Å². The molecule has 25 nitrogen and oxygen atoms in total. The van der Waals surface area contributed by atoms with Gasteiger partial charge in [0.15, 0.2) is 0 Å². The lowest BCUT2D eigenvalue weighted by atomic mass is 9.79. The highest BCUT2D eigenvalue weighted by Crippen LogP contribution is 2.40. The molecule has 5 fully saturated rings. The van der Waals surface area contributed by atoms with Crippen LogP contribution in [0, 0.1) is 5.92 Å². The largest absolute Gasteiger partial charge is 0.497 e. The Balaban J connectivity index is 0.000000125. The van der Waals surface area contributed by atoms with Crippen molar-refractivity contribution >= 4 is 5.97 Å². The first-order chi connectivity index (χ1) is 53.4. The van der Waals surface area contributed by atoms with E-state index in [1.54, 1.807) is 82.0 Å². The van der Waals surface area contributed by atoms with Crippen LogP contribution < -0.4 is 9.47 Å². The van der Waals surface area contributed by atoms with E-state index in [0.717, 1.165) is 154 Å². The highest BCUT2D eigenvalue weighted by molar-refractivity contribution is 5.89. The third kappa shape index (κ3) is 21.1. The zero-order valence-corrected chi connectivity index (χ0v) is 62.5. The van der Waals surface area contributed by atoms with Gasteiger partial charge in [-0.05, 0) is 264 Å². The van der Waals surface area contributed by atoms with Crippen molar-refractivity contribution in [1.29, 1.82) is 0 Å². The number of esters is 1. The third-order valence-corrected chi connectivity index (χ3v) is 22.1. The molecule has 12 aromatic rings. The molecular weight excluding hydrogens is 1370 g/mol. The molecule has 0 saturated heterocycles. The third-order valence-electron chi connectivity index (χ3n) is 22.1. The number of aliphatic hydroxyl groups is 3. The Bertz CT molecular complexity index is 4160. The Kier molecular flexibility index (Phi) is 26.8. The van der Waals surface area contributed by atoms with Gasteiger partial charge >= 0.3 is 5.97 Å². The monoisotopic (exact) mass is 1470 g/mol. The molecule has 0 bridgehead atoms. The molecule has 0 atom stereocenters. The van der Waals surface area contributed by atoms with Gasteiger partial charge in [0.1, 0.15) is 75.1 Å². The minimum absolute atomic E-state index is 0.0335. The van der Waals surface area contributed by atoms with Crippen LogP contribution in [-0.2, 0) is 11.3 Å². The molecule has 25 heteroatoms. The Hall–Kier alpha value is -10.9. The molecule has 0 unspecified atom stereocenters. The molecule has 0 aliphatic heterocycles. The molecule has 0 spiro atoms. The maximum Gasteiger partial charge on any atom is 0.364 e. The van der Waals surface area contributed by atoms with E-state index in [0.29, 0.717) is 36.1 Å². The smallest absolute Gasteiger partial charge is 0.364 e. The van der Waals surface area contributed by atoms with E-state index in [1.807, 2.05) is 47.1 Å². The van der Waals surface area contributed by atoms with E-state index in [-0.39, 0.29) is 36.7 Å². The number of aromatic nitrogens is 18. The van der Waals surface area contributed by atoms with Gasteiger partial charge in [0.25, 0.3) is 0 Å². The van der Waals surface area contributed by atoms with Crippen molar-refractivity contribution in [3.63, 3.8) is 0 Å². The number of nitrogens with zero attached hydrogens (tertiary/aromatic N) is 18. The molecule has 0 amide bonds. The van der Waals surface area contributed by atoms with E-state index in [9.17, 15) is 20.1 Å². The van der Waals surface area contributed by atoms with Crippen molar-refractivity contribution in [3.8, 4) is 40.1 Å². The SMILES string of the molecule is CC1CCC(c2ccc(-n3cnnc3)cc2)CC1.CCOC(=O)c1nnn(Cc2ccc(OC)cc2)c1OC1CCC(c2ccc(-n3cnnc3)cc2)CC1.OC1CCC(c2ccc(-n3cnnc3)cc2)CC1.OC1CCC(c2ccc(-n3cnnc3)cc2)CC1.OC1CCC(c2ccc(-n3cnnc3)cc2)CC1. The summed E-state index contributed by atoms with van der Waals surface area (Å²) in [4.78, 5) is 12.6. The van der Waals surface area contributed by atoms with E-state index >= 15 is 0 Å². The van der Waals surface area contributed by atoms with Crippen molar-refractivity contribution in [2.45, 2.75) is 203 Å². The quantitative estimate of drug-likeness (QED) is 0.0714. The molecule has 6 aromatic heterocycles.